The van der Waals surface area contributed by atoms with Crippen molar-refractivity contribution in [1.82, 2.24) is 14.8 Å². The van der Waals surface area contributed by atoms with E-state index in [1.165, 1.54) is 0 Å². The molecule has 1 unspecified atom stereocenters. The summed E-state index contributed by atoms with van der Waals surface area (Å²) in [4.78, 5) is 16.0. The Morgan fingerprint density at radius 3 is 2.56 bits per heavy atom. The molecule has 0 saturated heterocycles. The molecule has 2 rings (SSSR count). The van der Waals surface area contributed by atoms with Crippen LogP contribution in [0.25, 0.3) is 0 Å². The highest BCUT2D eigenvalue weighted by atomic mass is 16.1. The topological polar surface area (TPSA) is 99.8 Å². The minimum Gasteiger partial charge on any atom is -0.368 e. The van der Waals surface area contributed by atoms with Crippen LogP contribution in [0.5, 0.6) is 0 Å². The van der Waals surface area contributed by atoms with E-state index in [1.807, 2.05) is 13.8 Å². The standard InChI is InChI=1S/C12H21N5O/c1-3-9-15-10(4-2)17(16-9)7-12(14,11(13)18)8-5-6-8/h8H,3-7,14H2,1-2H3,(H2,13,18). The van der Waals surface area contributed by atoms with Crippen LogP contribution in [0.15, 0.2) is 0 Å². The Balaban J connectivity index is 2.26. The fourth-order valence-corrected chi connectivity index (χ4v) is 2.22. The first-order valence-electron chi connectivity index (χ1n) is 6.52. The van der Waals surface area contributed by atoms with Gasteiger partial charge in [-0.15, -0.1) is 0 Å². The van der Waals surface area contributed by atoms with Gasteiger partial charge in [-0.3, -0.25) is 4.79 Å². The molecular weight excluding hydrogens is 230 g/mol. The number of aryl methyl sites for hydroxylation is 2. The van der Waals surface area contributed by atoms with Crippen molar-refractivity contribution in [3.8, 4) is 0 Å². The van der Waals surface area contributed by atoms with Crippen molar-refractivity contribution in [3.05, 3.63) is 11.6 Å². The maximum atomic E-state index is 11.6. The van der Waals surface area contributed by atoms with Crippen molar-refractivity contribution in [3.63, 3.8) is 0 Å². The van der Waals surface area contributed by atoms with Crippen molar-refractivity contribution in [2.45, 2.75) is 51.6 Å². The van der Waals surface area contributed by atoms with Gasteiger partial charge in [0.1, 0.15) is 11.4 Å². The van der Waals surface area contributed by atoms with Gasteiger partial charge < -0.3 is 11.5 Å². The van der Waals surface area contributed by atoms with Crippen LogP contribution in [0.1, 0.15) is 38.3 Å². The normalized spacial score (nSPS) is 18.6. The van der Waals surface area contributed by atoms with Gasteiger partial charge >= 0.3 is 0 Å². The van der Waals surface area contributed by atoms with Gasteiger partial charge in [0, 0.05) is 12.8 Å². The molecule has 4 N–H and O–H groups in total. The van der Waals surface area contributed by atoms with Gasteiger partial charge in [0.2, 0.25) is 5.91 Å². The number of nitrogens with two attached hydrogens (primary N) is 2. The minimum absolute atomic E-state index is 0.189. The number of nitrogens with zero attached hydrogens (tertiary/aromatic N) is 3. The van der Waals surface area contributed by atoms with Crippen molar-refractivity contribution >= 4 is 5.91 Å². The summed E-state index contributed by atoms with van der Waals surface area (Å²) in [5.41, 5.74) is 10.7. The first kappa shape index (κ1) is 13.0. The molecule has 0 radical (unpaired) electrons. The van der Waals surface area contributed by atoms with Gasteiger partial charge in [-0.2, -0.15) is 5.10 Å². The van der Waals surface area contributed by atoms with E-state index in [0.29, 0.717) is 6.54 Å². The molecule has 6 heteroatoms. The molecular formula is C12H21N5O. The lowest BCUT2D eigenvalue weighted by molar-refractivity contribution is -0.124. The average Bonchev–Trinajstić information content (AvgIpc) is 3.12. The maximum absolute atomic E-state index is 11.6. The molecule has 0 bridgehead atoms. The van der Waals surface area contributed by atoms with Gasteiger partial charge in [0.05, 0.1) is 6.54 Å². The van der Waals surface area contributed by atoms with E-state index >= 15 is 0 Å². The summed E-state index contributed by atoms with van der Waals surface area (Å²) in [6.07, 6.45) is 3.48. The van der Waals surface area contributed by atoms with Crippen LogP contribution in [0.4, 0.5) is 0 Å². The fourth-order valence-electron chi connectivity index (χ4n) is 2.22. The molecule has 1 aliphatic carbocycles. The van der Waals surface area contributed by atoms with Crippen molar-refractivity contribution < 1.29 is 4.79 Å². The summed E-state index contributed by atoms with van der Waals surface area (Å²) in [7, 11) is 0. The number of primary amides is 1. The Hall–Kier alpha value is -1.43. The van der Waals surface area contributed by atoms with E-state index in [9.17, 15) is 4.79 Å². The average molecular weight is 251 g/mol. The predicted octanol–water partition coefficient (Wildman–Crippen LogP) is -0.00430. The van der Waals surface area contributed by atoms with Gasteiger partial charge in [0.15, 0.2) is 5.82 Å². The molecule has 1 aliphatic rings. The third-order valence-electron chi connectivity index (χ3n) is 3.60. The number of hydrogen-bond donors (Lipinski definition) is 2. The minimum atomic E-state index is -0.984. The second-order valence-electron chi connectivity index (χ2n) is 4.99. The largest absolute Gasteiger partial charge is 0.368 e. The second-order valence-corrected chi connectivity index (χ2v) is 4.99. The molecule has 1 heterocycles. The zero-order valence-electron chi connectivity index (χ0n) is 11.0. The van der Waals surface area contributed by atoms with Gasteiger partial charge in [-0.25, -0.2) is 9.67 Å². The molecule has 0 aromatic carbocycles. The van der Waals surface area contributed by atoms with Crippen LogP contribution < -0.4 is 11.5 Å². The Morgan fingerprint density at radius 1 is 1.44 bits per heavy atom. The summed E-state index contributed by atoms with van der Waals surface area (Å²) < 4.78 is 1.75. The monoisotopic (exact) mass is 251 g/mol. The molecule has 1 atom stereocenters. The smallest absolute Gasteiger partial charge is 0.239 e. The van der Waals surface area contributed by atoms with Gasteiger partial charge in [-0.05, 0) is 18.8 Å². The van der Waals surface area contributed by atoms with E-state index in [2.05, 4.69) is 10.1 Å². The molecule has 0 spiro atoms. The maximum Gasteiger partial charge on any atom is 0.239 e. The van der Waals surface area contributed by atoms with Crippen LogP contribution in [-0.4, -0.2) is 26.2 Å². The van der Waals surface area contributed by atoms with E-state index in [-0.39, 0.29) is 5.92 Å². The number of rotatable bonds is 6. The third-order valence-corrected chi connectivity index (χ3v) is 3.60. The zero-order chi connectivity index (χ0) is 13.3. The highest BCUT2D eigenvalue weighted by molar-refractivity contribution is 5.85. The molecule has 1 aromatic heterocycles. The second kappa shape index (κ2) is 4.68. The molecule has 1 aromatic rings. The highest BCUT2D eigenvalue weighted by Gasteiger charge is 2.47. The number of aromatic nitrogens is 3. The van der Waals surface area contributed by atoms with Gasteiger partial charge in [-0.1, -0.05) is 13.8 Å². The fraction of sp³-hybridized carbons (Fsp3) is 0.750. The molecule has 100 valence electrons. The van der Waals surface area contributed by atoms with E-state index < -0.39 is 11.4 Å². The van der Waals surface area contributed by atoms with Crippen LogP contribution in [0.3, 0.4) is 0 Å². The van der Waals surface area contributed by atoms with Crippen molar-refractivity contribution in [1.29, 1.82) is 0 Å². The van der Waals surface area contributed by atoms with Crippen LogP contribution >= 0.6 is 0 Å². The van der Waals surface area contributed by atoms with Crippen molar-refractivity contribution in [2.24, 2.45) is 17.4 Å². The summed E-state index contributed by atoms with van der Waals surface area (Å²) in [5.74, 6) is 1.40. The van der Waals surface area contributed by atoms with Crippen LogP contribution in [0.2, 0.25) is 0 Å². The molecule has 0 aliphatic heterocycles. The third kappa shape index (κ3) is 2.25. The van der Waals surface area contributed by atoms with E-state index in [4.69, 9.17) is 11.5 Å². The lowest BCUT2D eigenvalue weighted by Gasteiger charge is -2.26. The molecule has 1 amide bonds. The SMILES string of the molecule is CCc1nc(CC)n(CC(N)(C(N)=O)C2CC2)n1. The summed E-state index contributed by atoms with van der Waals surface area (Å²) in [6.45, 7) is 4.35. The molecule has 6 nitrogen and oxygen atoms in total. The first-order valence-corrected chi connectivity index (χ1v) is 6.52. The van der Waals surface area contributed by atoms with Crippen LogP contribution in [-0.2, 0) is 24.2 Å². The lowest BCUT2D eigenvalue weighted by Crippen LogP contribution is -2.57. The highest BCUT2D eigenvalue weighted by Crippen LogP contribution is 2.39. The summed E-state index contributed by atoms with van der Waals surface area (Å²) >= 11 is 0. The lowest BCUT2D eigenvalue weighted by atomic mass is 9.93. The number of carbonyl (C=O) groups excluding carboxylic acids is 1. The number of carbonyl (C=O) groups is 1. The molecule has 1 saturated carbocycles. The summed E-state index contributed by atoms with van der Waals surface area (Å²) in [5, 5.41) is 4.39. The van der Waals surface area contributed by atoms with Crippen molar-refractivity contribution in [2.75, 3.05) is 0 Å². The molecule has 1 fully saturated rings. The predicted molar refractivity (Wildman–Crippen MR) is 67.6 cm³/mol. The van der Waals surface area contributed by atoms with Gasteiger partial charge in [0.25, 0.3) is 0 Å². The summed E-state index contributed by atoms with van der Waals surface area (Å²) in [6, 6.07) is 0. The number of amides is 1. The van der Waals surface area contributed by atoms with Crippen LogP contribution in [0, 0.1) is 5.92 Å². The Morgan fingerprint density at radius 2 is 2.11 bits per heavy atom. The first-order chi connectivity index (χ1) is 8.51. The quantitative estimate of drug-likeness (QED) is 0.743. The molecule has 18 heavy (non-hydrogen) atoms. The Bertz CT molecular complexity index is 451. The number of hydrogen-bond acceptors (Lipinski definition) is 4. The zero-order valence-corrected chi connectivity index (χ0v) is 11.0. The van der Waals surface area contributed by atoms with E-state index in [0.717, 1.165) is 37.3 Å². The Labute approximate surface area is 107 Å². The van der Waals surface area contributed by atoms with E-state index in [1.54, 1.807) is 4.68 Å². The Kier molecular flexibility index (Phi) is 3.38.